The van der Waals surface area contributed by atoms with Gasteiger partial charge in [0, 0.05) is 76.0 Å². The van der Waals surface area contributed by atoms with Crippen LogP contribution in [0.15, 0.2) is 11.6 Å². The summed E-state index contributed by atoms with van der Waals surface area (Å²) in [6.07, 6.45) is -0.907. The lowest BCUT2D eigenvalue weighted by atomic mass is 9.45. The van der Waals surface area contributed by atoms with Gasteiger partial charge in [-0.25, -0.2) is 0 Å². The van der Waals surface area contributed by atoms with E-state index in [1.165, 1.54) is 6.92 Å². The van der Waals surface area contributed by atoms with Gasteiger partial charge < -0.3 is 68.9 Å². The highest BCUT2D eigenvalue weighted by Crippen LogP contribution is 2.68. The topological polar surface area (TPSA) is 235 Å². The summed E-state index contributed by atoms with van der Waals surface area (Å²) < 4.78 is 45.5. The maximum atomic E-state index is 14.8. The number of amides is 1. The predicted octanol–water partition coefficient (Wildman–Crippen LogP) is 5.94. The smallest absolute Gasteiger partial charge is 0.311 e. The molecule has 3 saturated heterocycles. The molecular formula is C62H107N3O15. The monoisotopic (exact) mass is 1130 g/mol. The van der Waals surface area contributed by atoms with Crippen LogP contribution in [-0.4, -0.2) is 197 Å². The molecule has 0 aromatic carbocycles. The van der Waals surface area contributed by atoms with Gasteiger partial charge in [0.2, 0.25) is 0 Å². The normalized spacial score (nSPS) is 49.1. The third-order valence-electron chi connectivity index (χ3n) is 22.3. The zero-order valence-electron chi connectivity index (χ0n) is 51.9. The molecule has 18 heteroatoms. The van der Waals surface area contributed by atoms with Crippen LogP contribution in [0.25, 0.3) is 0 Å². The standard InChI is InChI=1S/C62H107N3O15/c1-18-47-61(13,73)52(69)39(7)65(27-19-26-63-56(71)62(75-17)25-23-44-43-21-20-41-29-42(66)22-24-57(41,9)49(43)46(67)31-58(44,62)10)33-34(2)30-59(11,72)53(80-55-50(68)45(64(14)15)28-35(3)76-55)36(4)51(37(5)54(70)78-47)79-48-32-60(12,74-16)38(6)40(8)77-48/h29,34-40,43-53,55,67-69,72-73H,18-28,30-33H2,1-17H3,(H,63,71)/t34-,35?,36+,37-,38-,39-,40?,43?,44?,45-,46+,47-,48?,49?,50-,51+,52-,53-,55?,57+,58+,59-,60+,61-,62+/m1/s1. The van der Waals surface area contributed by atoms with Crippen LogP contribution < -0.4 is 5.32 Å². The fraction of sp³-hybridized carbons (Fsp3) is 0.919. The van der Waals surface area contributed by atoms with E-state index in [1.54, 1.807) is 35.0 Å². The number of likely N-dealkylation sites (N-methyl/N-ethyl adjacent to an activating group) is 1. The molecule has 7 unspecified atom stereocenters. The summed E-state index contributed by atoms with van der Waals surface area (Å²) in [6.45, 7) is 25.7. The molecule has 6 fully saturated rings. The summed E-state index contributed by atoms with van der Waals surface area (Å²) in [7, 11) is 7.06. The van der Waals surface area contributed by atoms with Crippen LogP contribution >= 0.6 is 0 Å². The number of carbonyl (C=O) groups is 3. The number of fused-ring (bicyclic) bond motifs is 5. The molecule has 0 aromatic rings. The number of ketones is 1. The lowest BCUT2D eigenvalue weighted by Gasteiger charge is -2.60. The summed E-state index contributed by atoms with van der Waals surface area (Å²) in [5.74, 6) is -2.48. The van der Waals surface area contributed by atoms with E-state index >= 15 is 0 Å². The highest BCUT2D eigenvalue weighted by molar-refractivity contribution is 5.91. The van der Waals surface area contributed by atoms with E-state index in [1.807, 2.05) is 66.6 Å². The van der Waals surface area contributed by atoms with Gasteiger partial charge in [-0.15, -0.1) is 0 Å². The molecule has 6 N–H and O–H groups in total. The van der Waals surface area contributed by atoms with Crippen LogP contribution in [0.3, 0.4) is 0 Å². The molecule has 7 aliphatic rings. The first-order valence-corrected chi connectivity index (χ1v) is 30.6. The SMILES string of the molecule is CC[C@H]1OC(=O)[C@H](C)[C@@H](OC2C[C@](C)(OC)[C@H](C)C(C)O2)[C@H](C)[C@@H](OC2OC(C)C[C@@H](N(C)C)[C@H]2O)[C@](C)(O)C[C@@H](C)CN(CCCNC(=O)[C@@]2(OC)CCC3C4CCC5=CC(=O)CC[C@]5(C)C4[C@@H](O)C[C@@]32C)[C@H](C)[C@@H](O)[C@]1(C)O. The van der Waals surface area contributed by atoms with Crippen molar-refractivity contribution in [3.05, 3.63) is 11.6 Å². The highest BCUT2D eigenvalue weighted by atomic mass is 16.7. The number of nitrogens with zero attached hydrogens (tertiary/aromatic N) is 2. The Hall–Kier alpha value is -2.17. The molecule has 0 radical (unpaired) electrons. The second-order valence-corrected chi connectivity index (χ2v) is 27.8. The van der Waals surface area contributed by atoms with Crippen molar-refractivity contribution in [3.63, 3.8) is 0 Å². The molecule has 0 spiro atoms. The Morgan fingerprint density at radius 1 is 0.887 bits per heavy atom. The van der Waals surface area contributed by atoms with E-state index in [2.05, 4.69) is 31.0 Å². The second kappa shape index (κ2) is 25.0. The van der Waals surface area contributed by atoms with E-state index in [4.69, 9.17) is 33.2 Å². The van der Waals surface area contributed by atoms with Crippen LogP contribution in [0.4, 0.5) is 0 Å². The molecule has 3 aliphatic heterocycles. The number of esters is 1. The van der Waals surface area contributed by atoms with Crippen LogP contribution in [-0.2, 0) is 47.5 Å². The zero-order valence-corrected chi connectivity index (χ0v) is 51.9. The van der Waals surface area contributed by atoms with Crippen molar-refractivity contribution in [1.29, 1.82) is 0 Å². The van der Waals surface area contributed by atoms with E-state index < -0.39 is 101 Å². The highest BCUT2D eigenvalue weighted by Gasteiger charge is 2.69. The van der Waals surface area contributed by atoms with Crippen molar-refractivity contribution in [2.75, 3.05) is 47.9 Å². The fourth-order valence-corrected chi connectivity index (χ4v) is 17.2. The largest absolute Gasteiger partial charge is 0.459 e. The summed E-state index contributed by atoms with van der Waals surface area (Å²) >= 11 is 0. The lowest BCUT2D eigenvalue weighted by Crippen LogP contribution is -2.64. The van der Waals surface area contributed by atoms with E-state index in [9.17, 15) is 39.9 Å². The van der Waals surface area contributed by atoms with Crippen LogP contribution in [0.1, 0.15) is 167 Å². The summed E-state index contributed by atoms with van der Waals surface area (Å²) in [6, 6.07) is -1.03. The number of carbonyl (C=O) groups excluding carboxylic acids is 3. The first-order valence-electron chi connectivity index (χ1n) is 30.6. The Labute approximate surface area is 479 Å². The van der Waals surface area contributed by atoms with Crippen molar-refractivity contribution in [2.24, 2.45) is 52.3 Å². The summed E-state index contributed by atoms with van der Waals surface area (Å²) in [5.41, 5.74) is -5.13. The average Bonchev–Trinajstić information content (AvgIpc) is 3.35. The van der Waals surface area contributed by atoms with Gasteiger partial charge in [-0.2, -0.15) is 0 Å². The third kappa shape index (κ3) is 12.3. The minimum Gasteiger partial charge on any atom is -0.459 e. The number of aliphatic hydroxyl groups excluding tert-OH is 3. The molecule has 3 heterocycles. The summed E-state index contributed by atoms with van der Waals surface area (Å²) in [4.78, 5) is 46.1. The van der Waals surface area contributed by atoms with Crippen molar-refractivity contribution in [3.8, 4) is 0 Å². The quantitative estimate of drug-likeness (QED) is 0.0925. The number of aliphatic hydroxyl groups is 5. The molecule has 18 nitrogen and oxygen atoms in total. The number of allylic oxidation sites excluding steroid dienone is 1. The molecule has 1 amide bonds. The van der Waals surface area contributed by atoms with Gasteiger partial charge in [-0.3, -0.25) is 19.3 Å². The molecule has 7 rings (SSSR count). The van der Waals surface area contributed by atoms with Crippen molar-refractivity contribution >= 4 is 17.7 Å². The minimum absolute atomic E-state index is 0.00394. The number of hydrogen-bond acceptors (Lipinski definition) is 17. The van der Waals surface area contributed by atoms with Gasteiger partial charge in [-0.05, 0) is 162 Å². The number of ether oxygens (including phenoxy) is 7. The first-order chi connectivity index (χ1) is 37.3. The number of rotatable bonds is 13. The van der Waals surface area contributed by atoms with Crippen LogP contribution in [0.2, 0.25) is 0 Å². The Morgan fingerprint density at radius 3 is 2.21 bits per heavy atom. The molecule has 80 heavy (non-hydrogen) atoms. The Bertz CT molecular complexity index is 2180. The van der Waals surface area contributed by atoms with Gasteiger partial charge in [0.1, 0.15) is 23.9 Å². The number of methoxy groups -OCH3 is 2. The van der Waals surface area contributed by atoms with Crippen molar-refractivity contribution in [2.45, 2.75) is 263 Å². The molecule has 4 aliphatic carbocycles. The van der Waals surface area contributed by atoms with Crippen LogP contribution in [0.5, 0.6) is 0 Å². The molecule has 0 aromatic heterocycles. The van der Waals surface area contributed by atoms with Gasteiger partial charge >= 0.3 is 5.97 Å². The Kier molecular flexibility index (Phi) is 20.5. The second-order valence-electron chi connectivity index (χ2n) is 27.8. The van der Waals surface area contributed by atoms with Gasteiger partial charge in [0.15, 0.2) is 24.0 Å². The number of nitrogens with one attached hydrogen (secondary N) is 1. The van der Waals surface area contributed by atoms with E-state index in [0.717, 1.165) is 31.3 Å². The maximum absolute atomic E-state index is 14.8. The lowest BCUT2D eigenvalue weighted by molar-refractivity contribution is -0.313. The van der Waals surface area contributed by atoms with Gasteiger partial charge in [0.05, 0.1) is 47.6 Å². The summed E-state index contributed by atoms with van der Waals surface area (Å²) in [5, 5.41) is 65.2. The average molecular weight is 1130 g/mol. The molecule has 0 bridgehead atoms. The maximum Gasteiger partial charge on any atom is 0.311 e. The molecule has 460 valence electrons. The van der Waals surface area contributed by atoms with Crippen molar-refractivity contribution < 1.29 is 73.1 Å². The van der Waals surface area contributed by atoms with Gasteiger partial charge in [-0.1, -0.05) is 47.1 Å². The first kappa shape index (κ1) is 65.4. The van der Waals surface area contributed by atoms with Crippen molar-refractivity contribution in [1.82, 2.24) is 15.1 Å². The fourth-order valence-electron chi connectivity index (χ4n) is 17.2. The minimum atomic E-state index is -1.93. The molecular weight excluding hydrogens is 1030 g/mol. The zero-order chi connectivity index (χ0) is 59.4. The van der Waals surface area contributed by atoms with Crippen LogP contribution in [0, 0.1) is 52.3 Å². The Morgan fingerprint density at radius 2 is 1.57 bits per heavy atom. The van der Waals surface area contributed by atoms with E-state index in [0.29, 0.717) is 51.6 Å². The number of cyclic esters (lactones) is 1. The van der Waals surface area contributed by atoms with Gasteiger partial charge in [0.25, 0.3) is 5.91 Å². The van der Waals surface area contributed by atoms with E-state index in [-0.39, 0.29) is 84.3 Å². The molecule has 25 atom stereocenters. The third-order valence-corrected chi connectivity index (χ3v) is 22.3. The number of hydrogen-bond donors (Lipinski definition) is 6. The predicted molar refractivity (Wildman–Crippen MR) is 302 cm³/mol. The Balaban J connectivity index is 1.15. The molecule has 3 saturated carbocycles.